The smallest absolute Gasteiger partial charge is 0.226 e. The van der Waals surface area contributed by atoms with E-state index in [-0.39, 0.29) is 18.2 Å². The van der Waals surface area contributed by atoms with E-state index in [2.05, 4.69) is 5.32 Å². The topological polar surface area (TPSA) is 49.4 Å². The molecule has 2 amide bonds. The normalized spacial score (nSPS) is 10.4. The summed E-state index contributed by atoms with van der Waals surface area (Å²) in [6, 6.07) is 12.7. The second-order valence-electron chi connectivity index (χ2n) is 5.82. The van der Waals surface area contributed by atoms with Crippen LogP contribution in [0, 0.1) is 6.92 Å². The number of nitrogens with zero attached hydrogens (tertiary/aromatic N) is 1. The average molecular weight is 379 g/mol. The van der Waals surface area contributed by atoms with Crippen molar-refractivity contribution < 1.29 is 9.59 Å². The maximum atomic E-state index is 12.1. The van der Waals surface area contributed by atoms with Gasteiger partial charge in [-0.1, -0.05) is 47.5 Å². The standard InChI is InChI=1S/C19H20Cl2N2O2/c1-13-5-3-4-6-15(13)12-23(14(2)24)8-7-19(25)22-18-10-16(20)9-17(21)11-18/h3-6,9-11H,7-8,12H2,1-2H3,(H,22,25). The number of carbonyl (C=O) groups is 2. The molecular formula is C19H20Cl2N2O2. The van der Waals surface area contributed by atoms with Gasteiger partial charge in [0.05, 0.1) is 0 Å². The molecule has 0 spiro atoms. The molecule has 0 aliphatic heterocycles. The number of halogens is 2. The molecule has 0 radical (unpaired) electrons. The second-order valence-corrected chi connectivity index (χ2v) is 6.70. The van der Waals surface area contributed by atoms with Crippen LogP contribution in [-0.2, 0) is 16.1 Å². The summed E-state index contributed by atoms with van der Waals surface area (Å²) in [4.78, 5) is 25.7. The third-order valence-electron chi connectivity index (χ3n) is 3.82. The van der Waals surface area contributed by atoms with Gasteiger partial charge in [0.25, 0.3) is 0 Å². The first-order valence-electron chi connectivity index (χ1n) is 7.91. The van der Waals surface area contributed by atoms with E-state index in [1.807, 2.05) is 31.2 Å². The fourth-order valence-electron chi connectivity index (χ4n) is 2.43. The molecule has 0 fully saturated rings. The minimum absolute atomic E-state index is 0.0677. The number of benzene rings is 2. The number of rotatable bonds is 6. The first-order chi connectivity index (χ1) is 11.8. The molecule has 2 aromatic carbocycles. The predicted octanol–water partition coefficient (Wildman–Crippen LogP) is 4.68. The molecule has 25 heavy (non-hydrogen) atoms. The summed E-state index contributed by atoms with van der Waals surface area (Å²) in [5.74, 6) is -0.267. The summed E-state index contributed by atoms with van der Waals surface area (Å²) >= 11 is 11.8. The van der Waals surface area contributed by atoms with E-state index in [1.54, 1.807) is 23.1 Å². The third kappa shape index (κ3) is 6.07. The van der Waals surface area contributed by atoms with Gasteiger partial charge in [0, 0.05) is 42.2 Å². The van der Waals surface area contributed by atoms with Crippen LogP contribution in [0.25, 0.3) is 0 Å². The van der Waals surface area contributed by atoms with Crippen LogP contribution in [0.5, 0.6) is 0 Å². The highest BCUT2D eigenvalue weighted by molar-refractivity contribution is 6.35. The van der Waals surface area contributed by atoms with Crippen molar-refractivity contribution in [3.05, 3.63) is 63.6 Å². The van der Waals surface area contributed by atoms with Gasteiger partial charge in [-0.25, -0.2) is 0 Å². The van der Waals surface area contributed by atoms with E-state index in [9.17, 15) is 9.59 Å². The Hall–Kier alpha value is -2.04. The lowest BCUT2D eigenvalue weighted by atomic mass is 10.1. The van der Waals surface area contributed by atoms with Crippen molar-refractivity contribution in [3.8, 4) is 0 Å². The van der Waals surface area contributed by atoms with E-state index >= 15 is 0 Å². The lowest BCUT2D eigenvalue weighted by molar-refractivity contribution is -0.129. The van der Waals surface area contributed by atoms with E-state index in [0.717, 1.165) is 11.1 Å². The zero-order chi connectivity index (χ0) is 18.4. The van der Waals surface area contributed by atoms with Gasteiger partial charge in [0.2, 0.25) is 11.8 Å². The largest absolute Gasteiger partial charge is 0.338 e. The lowest BCUT2D eigenvalue weighted by Gasteiger charge is -2.22. The van der Waals surface area contributed by atoms with Gasteiger partial charge in [-0.15, -0.1) is 0 Å². The van der Waals surface area contributed by atoms with Crippen molar-refractivity contribution in [1.29, 1.82) is 0 Å². The number of hydrogen-bond acceptors (Lipinski definition) is 2. The Morgan fingerprint density at radius 1 is 1.08 bits per heavy atom. The van der Waals surface area contributed by atoms with Gasteiger partial charge in [-0.05, 0) is 36.2 Å². The monoisotopic (exact) mass is 378 g/mol. The molecule has 0 aliphatic rings. The Morgan fingerprint density at radius 3 is 2.32 bits per heavy atom. The van der Waals surface area contributed by atoms with E-state index < -0.39 is 0 Å². The van der Waals surface area contributed by atoms with Crippen molar-refractivity contribution >= 4 is 40.7 Å². The quantitative estimate of drug-likeness (QED) is 0.792. The number of aryl methyl sites for hydroxylation is 1. The van der Waals surface area contributed by atoms with E-state index in [1.165, 1.54) is 6.92 Å². The summed E-state index contributed by atoms with van der Waals surface area (Å²) < 4.78 is 0. The molecule has 0 atom stereocenters. The summed E-state index contributed by atoms with van der Waals surface area (Å²) in [5.41, 5.74) is 2.72. The van der Waals surface area contributed by atoms with Gasteiger partial charge >= 0.3 is 0 Å². The molecule has 0 heterocycles. The van der Waals surface area contributed by atoms with Crippen molar-refractivity contribution in [2.24, 2.45) is 0 Å². The molecule has 1 N–H and O–H groups in total. The van der Waals surface area contributed by atoms with Crippen molar-refractivity contribution in [2.75, 3.05) is 11.9 Å². The fourth-order valence-corrected chi connectivity index (χ4v) is 2.95. The van der Waals surface area contributed by atoms with Crippen LogP contribution in [0.15, 0.2) is 42.5 Å². The Kier molecular flexibility index (Phi) is 6.85. The molecule has 0 unspecified atom stereocenters. The molecule has 0 aliphatic carbocycles. The minimum atomic E-state index is -0.200. The van der Waals surface area contributed by atoms with Crippen molar-refractivity contribution in [2.45, 2.75) is 26.8 Å². The Labute approximate surface area is 157 Å². The molecule has 132 valence electrons. The molecule has 2 aromatic rings. The van der Waals surface area contributed by atoms with Gasteiger partial charge in [-0.3, -0.25) is 9.59 Å². The fraction of sp³-hybridized carbons (Fsp3) is 0.263. The summed E-state index contributed by atoms with van der Waals surface area (Å²) in [6.45, 7) is 4.33. The van der Waals surface area contributed by atoms with Crippen LogP contribution in [0.1, 0.15) is 24.5 Å². The van der Waals surface area contributed by atoms with Crippen molar-refractivity contribution in [3.63, 3.8) is 0 Å². The van der Waals surface area contributed by atoms with E-state index in [0.29, 0.717) is 28.8 Å². The van der Waals surface area contributed by atoms with Crippen LogP contribution >= 0.6 is 23.2 Å². The van der Waals surface area contributed by atoms with Crippen LogP contribution < -0.4 is 5.32 Å². The summed E-state index contributed by atoms with van der Waals surface area (Å²) in [7, 11) is 0. The van der Waals surface area contributed by atoms with Gasteiger partial charge in [0.1, 0.15) is 0 Å². The highest BCUT2D eigenvalue weighted by atomic mass is 35.5. The first kappa shape index (κ1) is 19.3. The van der Waals surface area contributed by atoms with Crippen molar-refractivity contribution in [1.82, 2.24) is 4.90 Å². The third-order valence-corrected chi connectivity index (χ3v) is 4.26. The van der Waals surface area contributed by atoms with Gasteiger partial charge in [-0.2, -0.15) is 0 Å². The summed E-state index contributed by atoms with van der Waals surface area (Å²) in [5, 5.41) is 3.65. The number of carbonyl (C=O) groups excluding carboxylic acids is 2. The maximum Gasteiger partial charge on any atom is 0.226 e. The molecule has 6 heteroatoms. The van der Waals surface area contributed by atoms with Gasteiger partial charge < -0.3 is 10.2 Å². The zero-order valence-electron chi connectivity index (χ0n) is 14.2. The van der Waals surface area contributed by atoms with Crippen LogP contribution in [0.2, 0.25) is 10.0 Å². The Balaban J connectivity index is 1.95. The average Bonchev–Trinajstić information content (AvgIpc) is 2.51. The Bertz CT molecular complexity index is 758. The molecule has 0 saturated heterocycles. The van der Waals surface area contributed by atoms with Crippen LogP contribution in [-0.4, -0.2) is 23.3 Å². The van der Waals surface area contributed by atoms with Crippen LogP contribution in [0.3, 0.4) is 0 Å². The highest BCUT2D eigenvalue weighted by Crippen LogP contribution is 2.22. The first-order valence-corrected chi connectivity index (χ1v) is 8.66. The van der Waals surface area contributed by atoms with Crippen LogP contribution in [0.4, 0.5) is 5.69 Å². The number of hydrogen-bond donors (Lipinski definition) is 1. The van der Waals surface area contributed by atoms with Gasteiger partial charge in [0.15, 0.2) is 0 Å². The Morgan fingerprint density at radius 2 is 1.72 bits per heavy atom. The molecule has 0 bridgehead atoms. The maximum absolute atomic E-state index is 12.1. The lowest BCUT2D eigenvalue weighted by Crippen LogP contribution is -2.31. The molecule has 2 rings (SSSR count). The van der Waals surface area contributed by atoms with E-state index in [4.69, 9.17) is 23.2 Å². The molecule has 0 aromatic heterocycles. The molecule has 0 saturated carbocycles. The number of nitrogens with one attached hydrogen (secondary N) is 1. The predicted molar refractivity (Wildman–Crippen MR) is 102 cm³/mol. The minimum Gasteiger partial charge on any atom is -0.338 e. The second kappa shape index (κ2) is 8.88. The number of anilines is 1. The zero-order valence-corrected chi connectivity index (χ0v) is 15.7. The highest BCUT2D eigenvalue weighted by Gasteiger charge is 2.13. The SMILES string of the molecule is CC(=O)N(CCC(=O)Nc1cc(Cl)cc(Cl)c1)Cc1ccccc1C. The molecule has 4 nitrogen and oxygen atoms in total. The molecular weight excluding hydrogens is 359 g/mol. The number of amides is 2. The summed E-state index contributed by atoms with van der Waals surface area (Å²) in [6.07, 6.45) is 0.190.